The van der Waals surface area contributed by atoms with Crippen molar-refractivity contribution in [2.75, 3.05) is 31.1 Å². The number of nitrogens with zero attached hydrogens (tertiary/aromatic N) is 3. The Morgan fingerprint density at radius 1 is 1.03 bits per heavy atom. The zero-order valence-corrected chi connectivity index (χ0v) is 22.2. The molecule has 4 rings (SSSR count). The summed E-state index contributed by atoms with van der Waals surface area (Å²) >= 11 is 2.28. The number of ether oxygens (including phenoxy) is 1. The van der Waals surface area contributed by atoms with Gasteiger partial charge in [-0.25, -0.2) is 0 Å². The van der Waals surface area contributed by atoms with Crippen LogP contribution in [-0.2, 0) is 17.8 Å². The van der Waals surface area contributed by atoms with E-state index in [0.717, 1.165) is 41.2 Å². The van der Waals surface area contributed by atoms with Crippen molar-refractivity contribution in [1.82, 2.24) is 4.90 Å². The highest BCUT2D eigenvalue weighted by Crippen LogP contribution is 2.24. The van der Waals surface area contributed by atoms with Crippen molar-refractivity contribution >= 4 is 40.3 Å². The number of carbonyl (C=O) groups excluding carboxylic acids is 1. The van der Waals surface area contributed by atoms with Crippen molar-refractivity contribution in [3.8, 4) is 11.8 Å². The van der Waals surface area contributed by atoms with E-state index in [4.69, 9.17) is 4.74 Å². The molecule has 0 bridgehead atoms. The summed E-state index contributed by atoms with van der Waals surface area (Å²) < 4.78 is 7.26. The van der Waals surface area contributed by atoms with Gasteiger partial charge in [-0.05, 0) is 88.2 Å². The third-order valence-electron chi connectivity index (χ3n) is 6.11. The molecule has 0 aromatic heterocycles. The van der Waals surface area contributed by atoms with Crippen LogP contribution in [0.3, 0.4) is 0 Å². The molecular weight excluding hydrogens is 561 g/mol. The molecule has 1 saturated heterocycles. The van der Waals surface area contributed by atoms with E-state index < -0.39 is 0 Å². The Morgan fingerprint density at radius 2 is 1.75 bits per heavy atom. The molecular formula is C30H28IN3O2. The lowest BCUT2D eigenvalue weighted by Gasteiger charge is -2.36. The number of hydrogen-bond donors (Lipinski definition) is 0. The average molecular weight is 589 g/mol. The Morgan fingerprint density at radius 3 is 2.42 bits per heavy atom. The van der Waals surface area contributed by atoms with Gasteiger partial charge in [-0.1, -0.05) is 42.5 Å². The van der Waals surface area contributed by atoms with Crippen LogP contribution < -0.4 is 9.64 Å². The van der Waals surface area contributed by atoms with Gasteiger partial charge in [0.1, 0.15) is 24.0 Å². The lowest BCUT2D eigenvalue weighted by molar-refractivity contribution is -0.126. The summed E-state index contributed by atoms with van der Waals surface area (Å²) in [5.41, 5.74) is 4.14. The molecule has 0 saturated carbocycles. The number of anilines is 1. The van der Waals surface area contributed by atoms with Crippen molar-refractivity contribution in [3.63, 3.8) is 0 Å². The highest BCUT2D eigenvalue weighted by atomic mass is 127. The van der Waals surface area contributed by atoms with Crippen LogP contribution in [0.15, 0.2) is 91.0 Å². The summed E-state index contributed by atoms with van der Waals surface area (Å²) in [5.74, 6) is 0.544. The summed E-state index contributed by atoms with van der Waals surface area (Å²) in [6, 6.07) is 26.3. The fourth-order valence-electron chi connectivity index (χ4n) is 4.17. The number of allylic oxidation sites excluding steroid dienone is 1. The van der Waals surface area contributed by atoms with Gasteiger partial charge in [0.25, 0.3) is 5.91 Å². The number of para-hydroxylation sites is 1. The molecule has 1 heterocycles. The Kier molecular flexibility index (Phi) is 8.80. The van der Waals surface area contributed by atoms with Gasteiger partial charge in [-0.2, -0.15) is 5.26 Å². The number of halogens is 1. The molecule has 182 valence electrons. The Bertz CT molecular complexity index is 1270. The molecule has 0 atom stereocenters. The molecule has 0 spiro atoms. The Balaban J connectivity index is 1.44. The van der Waals surface area contributed by atoms with Crippen molar-refractivity contribution in [2.24, 2.45) is 0 Å². The molecule has 3 aromatic rings. The number of nitriles is 1. The summed E-state index contributed by atoms with van der Waals surface area (Å²) in [6.07, 6.45) is 4.12. The molecule has 1 aliphatic rings. The monoisotopic (exact) mass is 589 g/mol. The minimum Gasteiger partial charge on any atom is -0.489 e. The van der Waals surface area contributed by atoms with E-state index in [1.807, 2.05) is 42.5 Å². The van der Waals surface area contributed by atoms with Crippen LogP contribution >= 0.6 is 22.6 Å². The van der Waals surface area contributed by atoms with E-state index in [-0.39, 0.29) is 11.5 Å². The predicted octanol–water partition coefficient (Wildman–Crippen LogP) is 5.85. The molecule has 1 amide bonds. The van der Waals surface area contributed by atoms with Crippen LogP contribution in [-0.4, -0.2) is 37.0 Å². The van der Waals surface area contributed by atoms with Gasteiger partial charge in [0.15, 0.2) is 0 Å². The second-order valence-corrected chi connectivity index (χ2v) is 9.81. The number of benzene rings is 3. The van der Waals surface area contributed by atoms with E-state index >= 15 is 0 Å². The first kappa shape index (κ1) is 25.5. The first-order valence-corrected chi connectivity index (χ1v) is 13.0. The number of amides is 1. The van der Waals surface area contributed by atoms with Gasteiger partial charge in [-0.15, -0.1) is 6.58 Å². The maximum atomic E-state index is 13.1. The molecule has 0 aliphatic carbocycles. The van der Waals surface area contributed by atoms with Crippen molar-refractivity contribution < 1.29 is 9.53 Å². The fourth-order valence-corrected chi connectivity index (χ4v) is 4.53. The van der Waals surface area contributed by atoms with Crippen molar-refractivity contribution in [3.05, 3.63) is 111 Å². The average Bonchev–Trinajstić information content (AvgIpc) is 2.92. The zero-order valence-electron chi connectivity index (χ0n) is 20.1. The standard InChI is InChI=1S/C30H28IN3O2/c1-2-6-25-19-24(11-14-29(25)36-22-23-9-12-27(31)13-10-23)20-26(21-32)30(35)34-17-15-33(16-18-34)28-7-4-3-5-8-28/h2-5,7-14,19-20H,1,6,15-18,22H2/b26-20-. The molecule has 6 heteroatoms. The van der Waals surface area contributed by atoms with E-state index in [9.17, 15) is 10.1 Å². The molecule has 1 aliphatic heterocycles. The minimum absolute atomic E-state index is 0.139. The predicted molar refractivity (Wildman–Crippen MR) is 153 cm³/mol. The number of carbonyl (C=O) groups is 1. The van der Waals surface area contributed by atoms with Crippen molar-refractivity contribution in [2.45, 2.75) is 13.0 Å². The van der Waals surface area contributed by atoms with Crippen molar-refractivity contribution in [1.29, 1.82) is 5.26 Å². The molecule has 1 fully saturated rings. The lowest BCUT2D eigenvalue weighted by atomic mass is 10.0. The summed E-state index contributed by atoms with van der Waals surface area (Å²) in [5, 5.41) is 9.76. The van der Waals surface area contributed by atoms with Crippen LogP contribution in [0, 0.1) is 14.9 Å². The van der Waals surface area contributed by atoms with Crippen LogP contribution in [0.1, 0.15) is 16.7 Å². The largest absolute Gasteiger partial charge is 0.489 e. The SMILES string of the molecule is C=CCc1cc(/C=C(/C#N)C(=O)N2CCN(c3ccccc3)CC2)ccc1OCc1ccc(I)cc1. The highest BCUT2D eigenvalue weighted by Gasteiger charge is 2.24. The zero-order chi connectivity index (χ0) is 25.3. The van der Waals surface area contributed by atoms with Crippen LogP contribution in [0.2, 0.25) is 0 Å². The summed E-state index contributed by atoms with van der Waals surface area (Å²) in [6.45, 7) is 6.97. The summed E-state index contributed by atoms with van der Waals surface area (Å²) in [7, 11) is 0. The molecule has 3 aromatic carbocycles. The highest BCUT2D eigenvalue weighted by molar-refractivity contribution is 14.1. The number of hydrogen-bond acceptors (Lipinski definition) is 4. The van der Waals surface area contributed by atoms with Gasteiger partial charge >= 0.3 is 0 Å². The molecule has 0 N–H and O–H groups in total. The van der Waals surface area contributed by atoms with Gasteiger partial charge in [0.05, 0.1) is 0 Å². The van der Waals surface area contributed by atoms with E-state index in [1.54, 1.807) is 11.0 Å². The molecule has 36 heavy (non-hydrogen) atoms. The summed E-state index contributed by atoms with van der Waals surface area (Å²) in [4.78, 5) is 17.1. The maximum absolute atomic E-state index is 13.1. The van der Waals surface area contributed by atoms with Crippen LogP contribution in [0.25, 0.3) is 6.08 Å². The van der Waals surface area contributed by atoms with E-state index in [0.29, 0.717) is 26.1 Å². The normalized spacial score (nSPS) is 13.7. The minimum atomic E-state index is -0.227. The smallest absolute Gasteiger partial charge is 0.264 e. The third-order valence-corrected chi connectivity index (χ3v) is 6.83. The van der Waals surface area contributed by atoms with Crippen LogP contribution in [0.4, 0.5) is 5.69 Å². The van der Waals surface area contributed by atoms with Gasteiger partial charge in [0.2, 0.25) is 0 Å². The third kappa shape index (κ3) is 6.55. The first-order chi connectivity index (χ1) is 17.6. The Hall–Kier alpha value is -3.57. The van der Waals surface area contributed by atoms with E-state index in [1.165, 1.54) is 3.57 Å². The van der Waals surface area contributed by atoms with Gasteiger partial charge in [-0.3, -0.25) is 4.79 Å². The Labute approximate surface area is 226 Å². The van der Waals surface area contributed by atoms with E-state index in [2.05, 4.69) is 76.5 Å². The maximum Gasteiger partial charge on any atom is 0.264 e. The second-order valence-electron chi connectivity index (χ2n) is 8.56. The quantitative estimate of drug-likeness (QED) is 0.143. The topological polar surface area (TPSA) is 56.6 Å². The lowest BCUT2D eigenvalue weighted by Crippen LogP contribution is -2.49. The van der Waals surface area contributed by atoms with Gasteiger partial charge < -0.3 is 14.5 Å². The van der Waals surface area contributed by atoms with Crippen LogP contribution in [0.5, 0.6) is 5.75 Å². The number of rotatable bonds is 8. The molecule has 0 unspecified atom stereocenters. The molecule has 5 nitrogen and oxygen atoms in total. The molecule has 0 radical (unpaired) electrons. The van der Waals surface area contributed by atoms with Gasteiger partial charge in [0, 0.05) is 35.4 Å². The number of piperazine rings is 1. The fraction of sp³-hybridized carbons (Fsp3) is 0.200. The second kappa shape index (κ2) is 12.4. The first-order valence-electron chi connectivity index (χ1n) is 11.9.